The molecule has 23 heavy (non-hydrogen) atoms. The number of hydrogen-bond acceptors (Lipinski definition) is 5. The maximum absolute atomic E-state index is 13.6. The summed E-state index contributed by atoms with van der Waals surface area (Å²) in [5.41, 5.74) is 0.282. The molecule has 3 rings (SSSR count). The molecule has 1 amide bonds. The van der Waals surface area contributed by atoms with Crippen LogP contribution in [0.3, 0.4) is 0 Å². The van der Waals surface area contributed by atoms with Gasteiger partial charge in [0.1, 0.15) is 23.1 Å². The number of carbonyl (C=O) groups is 1. The van der Waals surface area contributed by atoms with Crippen molar-refractivity contribution in [3.63, 3.8) is 0 Å². The molecule has 0 bridgehead atoms. The molecule has 1 saturated heterocycles. The number of ether oxygens (including phenoxy) is 1. The summed E-state index contributed by atoms with van der Waals surface area (Å²) in [6.07, 6.45) is 2.65. The molecular weight excluding hydrogens is 306 g/mol. The Hall–Kier alpha value is -2.61. The summed E-state index contributed by atoms with van der Waals surface area (Å²) >= 11 is 0. The number of amides is 1. The molecule has 1 fully saturated rings. The summed E-state index contributed by atoms with van der Waals surface area (Å²) in [6.45, 7) is 2.04. The van der Waals surface area contributed by atoms with Crippen LogP contribution in [0.25, 0.3) is 0 Å². The first-order valence-corrected chi connectivity index (χ1v) is 7.04. The van der Waals surface area contributed by atoms with Crippen molar-refractivity contribution in [2.45, 2.75) is 0 Å². The van der Waals surface area contributed by atoms with Crippen molar-refractivity contribution in [2.24, 2.45) is 0 Å². The van der Waals surface area contributed by atoms with Crippen molar-refractivity contribution in [1.82, 2.24) is 14.9 Å². The molecule has 8 heteroatoms. The van der Waals surface area contributed by atoms with Gasteiger partial charge in [0.15, 0.2) is 0 Å². The number of carbonyl (C=O) groups excluding carboxylic acids is 1. The fourth-order valence-corrected chi connectivity index (χ4v) is 2.16. The highest BCUT2D eigenvalue weighted by atomic mass is 19.1. The van der Waals surface area contributed by atoms with Crippen LogP contribution in [-0.2, 0) is 4.74 Å². The molecule has 1 N–H and O–H groups in total. The first-order valence-electron chi connectivity index (χ1n) is 7.04. The average Bonchev–Trinajstić information content (AvgIpc) is 2.58. The molecule has 1 aliphatic heterocycles. The number of morpholine rings is 1. The molecule has 0 unspecified atom stereocenters. The summed E-state index contributed by atoms with van der Waals surface area (Å²) in [5, 5.41) is 2.68. The highest BCUT2D eigenvalue weighted by molar-refractivity contribution is 5.92. The largest absolute Gasteiger partial charge is 0.378 e. The van der Waals surface area contributed by atoms with E-state index in [4.69, 9.17) is 4.74 Å². The lowest BCUT2D eigenvalue weighted by Gasteiger charge is -2.26. The normalized spacial score (nSPS) is 14.6. The molecule has 1 aliphatic rings. The summed E-state index contributed by atoms with van der Waals surface area (Å²) in [4.78, 5) is 21.9. The molecule has 2 heterocycles. The lowest BCUT2D eigenvalue weighted by molar-refractivity contribution is 0.0298. The topological polar surface area (TPSA) is 67.4 Å². The van der Waals surface area contributed by atoms with Crippen molar-refractivity contribution in [2.75, 3.05) is 31.6 Å². The second kappa shape index (κ2) is 6.66. The molecule has 1 aromatic heterocycles. The van der Waals surface area contributed by atoms with Gasteiger partial charge in [-0.3, -0.25) is 4.79 Å². The quantitative estimate of drug-likeness (QED) is 0.936. The fourth-order valence-electron chi connectivity index (χ4n) is 2.16. The predicted octanol–water partition coefficient (Wildman–Crippen LogP) is 1.97. The average molecular weight is 320 g/mol. The lowest BCUT2D eigenvalue weighted by atomic mass is 10.3. The SMILES string of the molecule is O=C(c1cnc(Nc2ccc(F)cc2F)cn1)N1CCOCC1. The van der Waals surface area contributed by atoms with Gasteiger partial charge >= 0.3 is 0 Å². The van der Waals surface area contributed by atoms with Crippen LogP contribution in [0.1, 0.15) is 10.5 Å². The molecule has 0 saturated carbocycles. The Labute approximate surface area is 131 Å². The molecule has 0 aliphatic carbocycles. The second-order valence-corrected chi connectivity index (χ2v) is 4.94. The Morgan fingerprint density at radius 1 is 1.17 bits per heavy atom. The molecular formula is C15H14F2N4O2. The minimum atomic E-state index is -0.736. The smallest absolute Gasteiger partial charge is 0.274 e. The van der Waals surface area contributed by atoms with Gasteiger partial charge in [0.05, 0.1) is 31.3 Å². The number of anilines is 2. The number of nitrogens with one attached hydrogen (secondary N) is 1. The molecule has 120 valence electrons. The van der Waals surface area contributed by atoms with Gasteiger partial charge in [0.2, 0.25) is 0 Å². The Morgan fingerprint density at radius 3 is 2.61 bits per heavy atom. The minimum absolute atomic E-state index is 0.0768. The summed E-state index contributed by atoms with van der Waals surface area (Å²) in [7, 11) is 0. The van der Waals surface area contributed by atoms with Gasteiger partial charge in [-0.2, -0.15) is 0 Å². The van der Waals surface area contributed by atoms with E-state index in [0.29, 0.717) is 26.3 Å². The van der Waals surface area contributed by atoms with Gasteiger partial charge in [-0.1, -0.05) is 0 Å². The molecule has 0 atom stereocenters. The van der Waals surface area contributed by atoms with Crippen LogP contribution in [0, 0.1) is 11.6 Å². The molecule has 1 aromatic carbocycles. The Balaban J connectivity index is 1.70. The first kappa shape index (κ1) is 15.3. The van der Waals surface area contributed by atoms with Crippen molar-refractivity contribution >= 4 is 17.4 Å². The highest BCUT2D eigenvalue weighted by Crippen LogP contribution is 2.19. The van der Waals surface area contributed by atoms with Gasteiger partial charge < -0.3 is 15.0 Å². The molecule has 6 nitrogen and oxygen atoms in total. The predicted molar refractivity (Wildman–Crippen MR) is 78.4 cm³/mol. The number of aromatic nitrogens is 2. The minimum Gasteiger partial charge on any atom is -0.378 e. The summed E-state index contributed by atoms with van der Waals surface area (Å²) < 4.78 is 31.6. The van der Waals surface area contributed by atoms with E-state index in [0.717, 1.165) is 12.1 Å². The maximum Gasteiger partial charge on any atom is 0.274 e. The van der Waals surface area contributed by atoms with E-state index in [9.17, 15) is 13.6 Å². The zero-order chi connectivity index (χ0) is 16.2. The number of hydrogen-bond donors (Lipinski definition) is 1. The third-order valence-electron chi connectivity index (χ3n) is 3.36. The molecule has 0 spiro atoms. The number of nitrogens with zero attached hydrogens (tertiary/aromatic N) is 3. The second-order valence-electron chi connectivity index (χ2n) is 4.94. The van der Waals surface area contributed by atoms with Crippen LogP contribution in [-0.4, -0.2) is 47.1 Å². The third-order valence-corrected chi connectivity index (χ3v) is 3.36. The van der Waals surface area contributed by atoms with Crippen LogP contribution in [0.15, 0.2) is 30.6 Å². The van der Waals surface area contributed by atoms with Crippen molar-refractivity contribution in [3.8, 4) is 0 Å². The monoisotopic (exact) mass is 320 g/mol. The van der Waals surface area contributed by atoms with E-state index in [1.54, 1.807) is 4.90 Å². The van der Waals surface area contributed by atoms with Crippen LogP contribution in [0.5, 0.6) is 0 Å². The zero-order valence-electron chi connectivity index (χ0n) is 12.1. The van der Waals surface area contributed by atoms with E-state index in [2.05, 4.69) is 15.3 Å². The van der Waals surface area contributed by atoms with E-state index in [-0.39, 0.29) is 23.1 Å². The van der Waals surface area contributed by atoms with Gasteiger partial charge in [-0.15, -0.1) is 0 Å². The van der Waals surface area contributed by atoms with E-state index < -0.39 is 11.6 Å². The van der Waals surface area contributed by atoms with Crippen LogP contribution in [0.4, 0.5) is 20.3 Å². The van der Waals surface area contributed by atoms with Crippen molar-refractivity contribution in [1.29, 1.82) is 0 Å². The molecule has 0 radical (unpaired) electrons. The Kier molecular flexibility index (Phi) is 4.42. The Morgan fingerprint density at radius 2 is 1.96 bits per heavy atom. The zero-order valence-corrected chi connectivity index (χ0v) is 12.1. The third kappa shape index (κ3) is 3.59. The summed E-state index contributed by atoms with van der Waals surface area (Å²) in [5.74, 6) is -1.36. The first-order chi connectivity index (χ1) is 11.1. The van der Waals surface area contributed by atoms with Crippen molar-refractivity contribution < 1.29 is 18.3 Å². The number of rotatable bonds is 3. The van der Waals surface area contributed by atoms with E-state index in [1.807, 2.05) is 0 Å². The Bertz CT molecular complexity index is 703. The fraction of sp³-hybridized carbons (Fsp3) is 0.267. The van der Waals surface area contributed by atoms with Gasteiger partial charge in [0.25, 0.3) is 5.91 Å². The lowest BCUT2D eigenvalue weighted by Crippen LogP contribution is -2.41. The van der Waals surface area contributed by atoms with E-state index >= 15 is 0 Å². The van der Waals surface area contributed by atoms with Crippen LogP contribution in [0.2, 0.25) is 0 Å². The maximum atomic E-state index is 13.6. The van der Waals surface area contributed by atoms with Gasteiger partial charge in [-0.05, 0) is 12.1 Å². The highest BCUT2D eigenvalue weighted by Gasteiger charge is 2.19. The van der Waals surface area contributed by atoms with E-state index in [1.165, 1.54) is 18.5 Å². The van der Waals surface area contributed by atoms with Crippen LogP contribution < -0.4 is 5.32 Å². The number of halogens is 2. The standard InChI is InChI=1S/C15H14F2N4O2/c16-10-1-2-12(11(17)7-10)20-14-9-18-13(8-19-14)15(22)21-3-5-23-6-4-21/h1-2,7-9H,3-6H2,(H,19,20). The molecule has 2 aromatic rings. The van der Waals surface area contributed by atoms with Gasteiger partial charge in [0, 0.05) is 19.2 Å². The van der Waals surface area contributed by atoms with Gasteiger partial charge in [-0.25, -0.2) is 18.7 Å². The van der Waals surface area contributed by atoms with Crippen molar-refractivity contribution in [3.05, 3.63) is 47.9 Å². The number of benzene rings is 1. The van der Waals surface area contributed by atoms with Crippen LogP contribution >= 0.6 is 0 Å². The summed E-state index contributed by atoms with van der Waals surface area (Å²) in [6, 6.07) is 3.17.